The number of hydrogen-bond donors (Lipinski definition) is 2. The minimum Gasteiger partial charge on any atom is -0.366 e. The zero-order chi connectivity index (χ0) is 24.6. The van der Waals surface area contributed by atoms with Gasteiger partial charge >= 0.3 is 0 Å². The number of sulfonamides is 1. The van der Waals surface area contributed by atoms with Crippen molar-refractivity contribution in [2.75, 3.05) is 22.9 Å². The average Bonchev–Trinajstić information content (AvgIpc) is 3.48. The van der Waals surface area contributed by atoms with Gasteiger partial charge in [0.15, 0.2) is 11.6 Å². The Hall–Kier alpha value is -4.32. The van der Waals surface area contributed by atoms with Gasteiger partial charge in [0.2, 0.25) is 10.0 Å². The van der Waals surface area contributed by atoms with E-state index in [-0.39, 0.29) is 0 Å². The molecule has 5 rings (SSSR count). The van der Waals surface area contributed by atoms with E-state index < -0.39 is 10.0 Å². The molecule has 5 aromatic rings. The zero-order valence-electron chi connectivity index (χ0n) is 19.3. The second-order valence-electron chi connectivity index (χ2n) is 8.06. The Bertz CT molecular complexity index is 1630. The van der Waals surface area contributed by atoms with Crippen molar-refractivity contribution in [3.8, 4) is 22.8 Å². The van der Waals surface area contributed by atoms with E-state index in [4.69, 9.17) is 0 Å². The second kappa shape index (κ2) is 8.80. The molecule has 4 aromatic heterocycles. The first-order chi connectivity index (χ1) is 16.8. The molecule has 12 heteroatoms. The lowest BCUT2D eigenvalue weighted by Gasteiger charge is -2.19. The number of aromatic nitrogens is 7. The molecule has 0 amide bonds. The molecule has 0 aliphatic rings. The Morgan fingerprint density at radius 1 is 1.09 bits per heavy atom. The van der Waals surface area contributed by atoms with Crippen molar-refractivity contribution >= 4 is 32.7 Å². The highest BCUT2D eigenvalue weighted by Crippen LogP contribution is 2.25. The van der Waals surface area contributed by atoms with Crippen molar-refractivity contribution in [3.63, 3.8) is 0 Å². The number of rotatable bonds is 7. The molecule has 0 aliphatic heterocycles. The van der Waals surface area contributed by atoms with Crippen LogP contribution in [0, 0.1) is 0 Å². The summed E-state index contributed by atoms with van der Waals surface area (Å²) in [6, 6.07) is 11.3. The fourth-order valence-electron chi connectivity index (χ4n) is 3.63. The third-order valence-corrected chi connectivity index (χ3v) is 6.68. The minimum absolute atomic E-state index is 0.327. The van der Waals surface area contributed by atoms with Crippen LogP contribution in [-0.4, -0.2) is 56.4 Å². The Morgan fingerprint density at radius 2 is 1.94 bits per heavy atom. The Morgan fingerprint density at radius 3 is 2.71 bits per heavy atom. The smallest absolute Gasteiger partial charge is 0.233 e. The monoisotopic (exact) mass is 489 g/mol. The van der Waals surface area contributed by atoms with E-state index in [0.29, 0.717) is 35.4 Å². The van der Waals surface area contributed by atoms with E-state index in [1.54, 1.807) is 29.2 Å². The number of nitrogens with zero attached hydrogens (tertiary/aromatic N) is 7. The zero-order valence-corrected chi connectivity index (χ0v) is 20.2. The van der Waals surface area contributed by atoms with Crippen LogP contribution in [-0.2, 0) is 23.6 Å². The molecular formula is C23H23N9O2S. The predicted molar refractivity (Wildman–Crippen MR) is 134 cm³/mol. The second-order valence-corrected chi connectivity index (χ2v) is 10.1. The van der Waals surface area contributed by atoms with Gasteiger partial charge in [0, 0.05) is 50.4 Å². The van der Waals surface area contributed by atoms with Crippen LogP contribution in [0.3, 0.4) is 0 Å². The van der Waals surface area contributed by atoms with Gasteiger partial charge in [-0.3, -0.25) is 8.99 Å². The van der Waals surface area contributed by atoms with Crippen LogP contribution in [0.1, 0.15) is 5.56 Å². The number of anilines is 2. The molecule has 0 saturated heterocycles. The first kappa shape index (κ1) is 22.5. The van der Waals surface area contributed by atoms with Crippen LogP contribution in [0.15, 0.2) is 61.2 Å². The summed E-state index contributed by atoms with van der Waals surface area (Å²) in [4.78, 5) is 21.1. The molecule has 4 heterocycles. The molecular weight excluding hydrogens is 466 g/mol. The molecule has 178 valence electrons. The van der Waals surface area contributed by atoms with E-state index in [1.807, 2.05) is 43.7 Å². The lowest BCUT2D eigenvalue weighted by molar-refractivity contribution is 0.599. The number of nitrogens with one attached hydrogen (secondary N) is 2. The minimum atomic E-state index is -3.44. The molecule has 0 saturated carbocycles. The maximum absolute atomic E-state index is 12.0. The van der Waals surface area contributed by atoms with Crippen LogP contribution in [0.5, 0.6) is 0 Å². The standard InChI is InChI=1S/C23H23N9O2S/c1-31-14-17(13-27-31)15-6-7-18-19(11-15)29-22(28-18)21-24-10-8-20(30-21)26-12-16-5-4-9-25-23(16)32(2)35(3,33)34/h4-11,13-14H,12H2,1-3H3,(H,28,29)(H,24,26,30). The molecule has 0 unspecified atom stereocenters. The van der Waals surface area contributed by atoms with Crippen molar-refractivity contribution in [1.29, 1.82) is 0 Å². The number of benzene rings is 1. The molecule has 2 N–H and O–H groups in total. The quantitative estimate of drug-likeness (QED) is 0.356. The summed E-state index contributed by atoms with van der Waals surface area (Å²) in [7, 11) is -0.0761. The number of fused-ring (bicyclic) bond motifs is 1. The molecule has 11 nitrogen and oxygen atoms in total. The van der Waals surface area contributed by atoms with Crippen molar-refractivity contribution in [2.24, 2.45) is 7.05 Å². The summed E-state index contributed by atoms with van der Waals surface area (Å²) < 4.78 is 26.9. The predicted octanol–water partition coefficient (Wildman–Crippen LogP) is 2.82. The highest BCUT2D eigenvalue weighted by Gasteiger charge is 2.17. The van der Waals surface area contributed by atoms with Gasteiger partial charge in [0.1, 0.15) is 11.6 Å². The third kappa shape index (κ3) is 4.68. The largest absolute Gasteiger partial charge is 0.366 e. The molecule has 0 aliphatic carbocycles. The maximum atomic E-state index is 12.0. The molecule has 0 spiro atoms. The normalized spacial score (nSPS) is 11.6. The van der Waals surface area contributed by atoms with Crippen LogP contribution in [0.25, 0.3) is 33.8 Å². The van der Waals surface area contributed by atoms with Gasteiger partial charge < -0.3 is 10.3 Å². The number of aromatic amines is 1. The van der Waals surface area contributed by atoms with Gasteiger partial charge in [-0.2, -0.15) is 5.10 Å². The Kier molecular flexibility index (Phi) is 5.65. The van der Waals surface area contributed by atoms with Crippen molar-refractivity contribution in [3.05, 3.63) is 66.7 Å². The Balaban J connectivity index is 1.38. The van der Waals surface area contributed by atoms with Crippen LogP contribution < -0.4 is 9.62 Å². The van der Waals surface area contributed by atoms with Crippen molar-refractivity contribution in [1.82, 2.24) is 34.7 Å². The number of imidazole rings is 1. The highest BCUT2D eigenvalue weighted by molar-refractivity contribution is 7.92. The number of H-pyrrole nitrogens is 1. The average molecular weight is 490 g/mol. The van der Waals surface area contributed by atoms with Crippen molar-refractivity contribution in [2.45, 2.75) is 6.54 Å². The summed E-state index contributed by atoms with van der Waals surface area (Å²) >= 11 is 0. The van der Waals surface area contributed by atoms with Gasteiger partial charge in [-0.05, 0) is 29.8 Å². The van der Waals surface area contributed by atoms with Crippen LogP contribution in [0.4, 0.5) is 11.6 Å². The molecule has 0 radical (unpaired) electrons. The summed E-state index contributed by atoms with van der Waals surface area (Å²) in [5.41, 5.74) is 4.44. The van der Waals surface area contributed by atoms with Gasteiger partial charge in [-0.25, -0.2) is 28.4 Å². The SMILES string of the molecule is CN(c1ncccc1CNc1ccnc(-c2nc3ccc(-c4cnn(C)c4)cc3[nH]2)n1)S(C)(=O)=O. The van der Waals surface area contributed by atoms with Gasteiger partial charge in [-0.1, -0.05) is 12.1 Å². The van der Waals surface area contributed by atoms with E-state index in [9.17, 15) is 8.42 Å². The van der Waals surface area contributed by atoms with Crippen LogP contribution >= 0.6 is 0 Å². The Labute approximate surface area is 202 Å². The van der Waals surface area contributed by atoms with Crippen LogP contribution in [0.2, 0.25) is 0 Å². The van der Waals surface area contributed by atoms with E-state index in [0.717, 1.165) is 32.7 Å². The van der Waals surface area contributed by atoms with E-state index >= 15 is 0 Å². The van der Waals surface area contributed by atoms with E-state index in [2.05, 4.69) is 35.3 Å². The van der Waals surface area contributed by atoms with E-state index in [1.165, 1.54) is 7.05 Å². The number of pyridine rings is 1. The molecule has 35 heavy (non-hydrogen) atoms. The summed E-state index contributed by atoms with van der Waals surface area (Å²) in [5.74, 6) is 1.92. The van der Waals surface area contributed by atoms with Gasteiger partial charge in [0.05, 0.1) is 23.5 Å². The fourth-order valence-corrected chi connectivity index (χ4v) is 4.11. The number of aryl methyl sites for hydroxylation is 1. The first-order valence-corrected chi connectivity index (χ1v) is 12.6. The van der Waals surface area contributed by atoms with Gasteiger partial charge in [0.25, 0.3) is 0 Å². The summed E-state index contributed by atoms with van der Waals surface area (Å²) in [5, 5.41) is 7.45. The summed E-state index contributed by atoms with van der Waals surface area (Å²) in [6.07, 6.45) is 8.12. The summed E-state index contributed by atoms with van der Waals surface area (Å²) in [6.45, 7) is 0.327. The highest BCUT2D eigenvalue weighted by atomic mass is 32.2. The lowest BCUT2D eigenvalue weighted by Crippen LogP contribution is -2.27. The fraction of sp³-hybridized carbons (Fsp3) is 0.174. The first-order valence-electron chi connectivity index (χ1n) is 10.7. The molecule has 0 bridgehead atoms. The number of hydrogen-bond acceptors (Lipinski definition) is 8. The molecule has 0 atom stereocenters. The maximum Gasteiger partial charge on any atom is 0.233 e. The van der Waals surface area contributed by atoms with Gasteiger partial charge in [-0.15, -0.1) is 0 Å². The third-order valence-electron chi connectivity index (χ3n) is 5.51. The lowest BCUT2D eigenvalue weighted by atomic mass is 10.1. The van der Waals surface area contributed by atoms with Crippen molar-refractivity contribution < 1.29 is 8.42 Å². The molecule has 0 fully saturated rings. The topological polar surface area (TPSA) is 135 Å². The molecule has 1 aromatic carbocycles.